The monoisotopic (exact) mass is 576 g/mol. The molecular weight excluding hydrogens is 536 g/mol. The standard InChI is InChI=1S/C32H40N4O4S/c1-6-8-12-28-33-20-25(35(28)21-23-13-15-24(16-14-23)30(38)40-32(3,4)5)19-27-29(37)34(17-9-7-2)31(39)36(27)22-26-11-10-18-41-26/h10-11,13-16,18-20H,6-9,12,17,21-22H2,1-5H3. The fourth-order valence-electron chi connectivity index (χ4n) is 4.62. The van der Waals surface area contributed by atoms with Gasteiger partial charge in [-0.1, -0.05) is 44.9 Å². The van der Waals surface area contributed by atoms with Gasteiger partial charge < -0.3 is 9.30 Å². The highest BCUT2D eigenvalue weighted by molar-refractivity contribution is 7.09. The summed E-state index contributed by atoms with van der Waals surface area (Å²) >= 11 is 1.56. The van der Waals surface area contributed by atoms with Gasteiger partial charge in [0.05, 0.1) is 24.0 Å². The molecule has 3 aromatic rings. The van der Waals surface area contributed by atoms with E-state index in [0.29, 0.717) is 30.9 Å². The molecule has 1 aliphatic heterocycles. The minimum atomic E-state index is -0.564. The number of imidazole rings is 1. The van der Waals surface area contributed by atoms with Crippen LogP contribution in [0.3, 0.4) is 0 Å². The molecule has 1 aliphatic rings. The van der Waals surface area contributed by atoms with E-state index in [4.69, 9.17) is 9.72 Å². The van der Waals surface area contributed by atoms with E-state index in [9.17, 15) is 14.4 Å². The summed E-state index contributed by atoms with van der Waals surface area (Å²) in [5.41, 5.74) is 2.04. The predicted octanol–water partition coefficient (Wildman–Crippen LogP) is 6.90. The van der Waals surface area contributed by atoms with E-state index in [1.165, 1.54) is 4.90 Å². The maximum absolute atomic E-state index is 13.5. The zero-order valence-corrected chi connectivity index (χ0v) is 25.5. The minimum Gasteiger partial charge on any atom is -0.456 e. The molecule has 3 amide bonds. The van der Waals surface area contributed by atoms with Crippen molar-refractivity contribution < 1.29 is 19.1 Å². The summed E-state index contributed by atoms with van der Waals surface area (Å²) in [4.78, 5) is 48.1. The quantitative estimate of drug-likeness (QED) is 0.133. The number of aryl methyl sites for hydroxylation is 1. The number of unbranched alkanes of at least 4 members (excludes halogenated alkanes) is 2. The van der Waals surface area contributed by atoms with Gasteiger partial charge in [0.25, 0.3) is 5.91 Å². The second-order valence-corrected chi connectivity index (χ2v) is 12.3. The Bertz CT molecular complexity index is 1380. The Morgan fingerprint density at radius 1 is 1.00 bits per heavy atom. The van der Waals surface area contributed by atoms with Crippen LogP contribution in [0.5, 0.6) is 0 Å². The van der Waals surface area contributed by atoms with Gasteiger partial charge in [0, 0.05) is 24.4 Å². The second kappa shape index (κ2) is 13.3. The molecule has 0 N–H and O–H groups in total. The Morgan fingerprint density at radius 2 is 1.73 bits per heavy atom. The van der Waals surface area contributed by atoms with Crippen molar-refractivity contribution >= 4 is 35.3 Å². The summed E-state index contributed by atoms with van der Waals surface area (Å²) in [5, 5.41) is 1.97. The van der Waals surface area contributed by atoms with Crippen molar-refractivity contribution in [2.24, 2.45) is 0 Å². The Kier molecular flexibility index (Phi) is 9.81. The molecule has 1 aromatic carbocycles. The maximum atomic E-state index is 13.5. The minimum absolute atomic E-state index is 0.274. The van der Waals surface area contributed by atoms with Crippen LogP contribution in [0, 0.1) is 0 Å². The lowest BCUT2D eigenvalue weighted by atomic mass is 10.1. The van der Waals surface area contributed by atoms with Crippen molar-refractivity contribution in [1.82, 2.24) is 19.4 Å². The lowest BCUT2D eigenvalue weighted by molar-refractivity contribution is -0.123. The van der Waals surface area contributed by atoms with Crippen LogP contribution in [-0.4, -0.2) is 49.4 Å². The van der Waals surface area contributed by atoms with Gasteiger partial charge in [0.1, 0.15) is 17.1 Å². The number of aromatic nitrogens is 2. The van der Waals surface area contributed by atoms with Crippen molar-refractivity contribution in [3.05, 3.63) is 81.2 Å². The molecule has 218 valence electrons. The molecule has 0 saturated carbocycles. The number of thiophene rings is 1. The topological polar surface area (TPSA) is 84.7 Å². The molecule has 41 heavy (non-hydrogen) atoms. The predicted molar refractivity (Wildman–Crippen MR) is 161 cm³/mol. The Hall–Kier alpha value is -3.72. The molecule has 8 nitrogen and oxygen atoms in total. The van der Waals surface area contributed by atoms with Gasteiger partial charge in [-0.05, 0) is 68.8 Å². The summed E-state index contributed by atoms with van der Waals surface area (Å²) in [5.74, 6) is 0.285. The first-order chi connectivity index (χ1) is 19.6. The molecule has 1 fully saturated rings. The van der Waals surface area contributed by atoms with Gasteiger partial charge in [-0.3, -0.25) is 14.6 Å². The van der Waals surface area contributed by atoms with Crippen LogP contribution in [0.1, 0.15) is 92.6 Å². The molecule has 0 radical (unpaired) electrons. The zero-order valence-electron chi connectivity index (χ0n) is 24.7. The molecular formula is C32H40N4O4S. The van der Waals surface area contributed by atoms with E-state index in [1.54, 1.807) is 40.6 Å². The number of ether oxygens (including phenoxy) is 1. The molecule has 0 spiro atoms. The first-order valence-corrected chi connectivity index (χ1v) is 15.2. The Balaban J connectivity index is 1.67. The van der Waals surface area contributed by atoms with E-state index < -0.39 is 5.60 Å². The SMILES string of the molecule is CCCCc1ncc(C=C2C(=O)N(CCCC)C(=O)N2Cc2cccs2)n1Cc1ccc(C(=O)OC(C)(C)C)cc1. The molecule has 0 aliphatic carbocycles. The van der Waals surface area contributed by atoms with E-state index in [0.717, 1.165) is 54.1 Å². The molecule has 3 heterocycles. The average Bonchev–Trinajstić information content (AvgIpc) is 3.63. The van der Waals surface area contributed by atoms with Crippen LogP contribution in [0.2, 0.25) is 0 Å². The molecule has 0 bridgehead atoms. The highest BCUT2D eigenvalue weighted by atomic mass is 32.1. The van der Waals surface area contributed by atoms with Crippen molar-refractivity contribution in [3.63, 3.8) is 0 Å². The lowest BCUT2D eigenvalue weighted by Crippen LogP contribution is -2.33. The smallest absolute Gasteiger partial charge is 0.338 e. The first-order valence-electron chi connectivity index (χ1n) is 14.4. The van der Waals surface area contributed by atoms with Crippen molar-refractivity contribution in [2.75, 3.05) is 6.54 Å². The number of hydrogen-bond donors (Lipinski definition) is 0. The fraction of sp³-hybridized carbons (Fsp3) is 0.438. The normalized spacial score (nSPS) is 14.9. The van der Waals surface area contributed by atoms with Gasteiger partial charge in [0.2, 0.25) is 0 Å². The highest BCUT2D eigenvalue weighted by Crippen LogP contribution is 2.28. The van der Waals surface area contributed by atoms with E-state index in [2.05, 4.69) is 11.5 Å². The summed E-state index contributed by atoms with van der Waals surface area (Å²) in [6.07, 6.45) is 8.04. The second-order valence-electron chi connectivity index (χ2n) is 11.3. The Labute approximate surface area is 246 Å². The fourth-order valence-corrected chi connectivity index (χ4v) is 5.31. The van der Waals surface area contributed by atoms with Gasteiger partial charge in [-0.25, -0.2) is 14.6 Å². The van der Waals surface area contributed by atoms with Crippen LogP contribution in [0.25, 0.3) is 6.08 Å². The number of rotatable bonds is 12. The van der Waals surface area contributed by atoms with Gasteiger partial charge in [0.15, 0.2) is 0 Å². The molecule has 9 heteroatoms. The van der Waals surface area contributed by atoms with Crippen LogP contribution in [0.15, 0.2) is 53.7 Å². The van der Waals surface area contributed by atoms with E-state index in [1.807, 2.05) is 57.3 Å². The van der Waals surface area contributed by atoms with Crippen molar-refractivity contribution in [3.8, 4) is 0 Å². The molecule has 1 saturated heterocycles. The maximum Gasteiger partial charge on any atom is 0.338 e. The van der Waals surface area contributed by atoms with E-state index >= 15 is 0 Å². The number of imide groups is 1. The molecule has 0 atom stereocenters. The summed E-state index contributed by atoms with van der Waals surface area (Å²) in [6.45, 7) is 11.0. The van der Waals surface area contributed by atoms with Crippen molar-refractivity contribution in [1.29, 1.82) is 0 Å². The van der Waals surface area contributed by atoms with Crippen LogP contribution < -0.4 is 0 Å². The lowest BCUT2D eigenvalue weighted by Gasteiger charge is -2.19. The highest BCUT2D eigenvalue weighted by Gasteiger charge is 2.40. The van der Waals surface area contributed by atoms with Gasteiger partial charge in [-0.15, -0.1) is 11.3 Å². The number of nitrogens with zero attached hydrogens (tertiary/aromatic N) is 4. The Morgan fingerprint density at radius 3 is 2.37 bits per heavy atom. The summed E-state index contributed by atoms with van der Waals surface area (Å²) in [6, 6.07) is 11.0. The number of amides is 3. The number of urea groups is 1. The molecule has 4 rings (SSSR count). The third-order valence-corrected chi connectivity index (χ3v) is 7.64. The number of esters is 1. The summed E-state index contributed by atoms with van der Waals surface area (Å²) < 4.78 is 7.59. The van der Waals surface area contributed by atoms with Gasteiger partial charge >= 0.3 is 12.0 Å². The van der Waals surface area contributed by atoms with Crippen LogP contribution in [0.4, 0.5) is 4.79 Å². The summed E-state index contributed by atoms with van der Waals surface area (Å²) in [7, 11) is 0. The average molecular weight is 577 g/mol. The zero-order chi connectivity index (χ0) is 29.6. The van der Waals surface area contributed by atoms with Crippen LogP contribution >= 0.6 is 11.3 Å². The number of carbonyl (C=O) groups excluding carboxylic acids is 3. The number of hydrogen-bond acceptors (Lipinski definition) is 6. The van der Waals surface area contributed by atoms with E-state index in [-0.39, 0.29) is 17.9 Å². The number of benzene rings is 1. The van der Waals surface area contributed by atoms with Gasteiger partial charge in [-0.2, -0.15) is 0 Å². The largest absolute Gasteiger partial charge is 0.456 e. The first kappa shape index (κ1) is 30.2. The third-order valence-electron chi connectivity index (χ3n) is 6.78. The molecule has 0 unspecified atom stereocenters. The molecule has 2 aromatic heterocycles. The third kappa shape index (κ3) is 7.52. The number of carbonyl (C=O) groups is 3. The van der Waals surface area contributed by atoms with Crippen molar-refractivity contribution in [2.45, 2.75) is 85.4 Å². The van der Waals surface area contributed by atoms with Crippen LogP contribution in [-0.2, 0) is 29.0 Å².